The summed E-state index contributed by atoms with van der Waals surface area (Å²) in [7, 11) is 5.64. The van der Waals surface area contributed by atoms with E-state index in [-0.39, 0.29) is 5.91 Å². The second-order valence-corrected chi connectivity index (χ2v) is 6.98. The molecule has 1 N–H and O–H groups in total. The molecule has 3 rings (SSSR count). The molecule has 0 saturated carbocycles. The molecular formula is C20H28N6O2. The second-order valence-electron chi connectivity index (χ2n) is 6.98. The van der Waals surface area contributed by atoms with Crippen LogP contribution in [0, 0.1) is 0 Å². The van der Waals surface area contributed by atoms with Crippen LogP contribution in [-0.2, 0) is 0 Å². The molecule has 1 aliphatic heterocycles. The molecule has 0 bridgehead atoms. The number of carbonyl (C=O) groups excluding carboxylic acids is 1. The molecular weight excluding hydrogens is 356 g/mol. The molecule has 8 heteroatoms. The number of ether oxygens (including phenoxy) is 1. The quantitative estimate of drug-likeness (QED) is 0.766. The fraction of sp³-hybridized carbons (Fsp3) is 0.450. The Labute approximate surface area is 166 Å². The number of nitrogens with zero attached hydrogens (tertiary/aromatic N) is 5. The molecule has 1 amide bonds. The lowest BCUT2D eigenvalue weighted by Crippen LogP contribution is -2.47. The van der Waals surface area contributed by atoms with E-state index in [1.807, 2.05) is 37.2 Å². The van der Waals surface area contributed by atoms with Gasteiger partial charge in [0.2, 0.25) is 5.95 Å². The number of methoxy groups -OCH3 is 1. The Hall–Kier alpha value is -2.87. The maximum Gasteiger partial charge on any atom is 0.254 e. The van der Waals surface area contributed by atoms with Crippen LogP contribution in [0.2, 0.25) is 0 Å². The van der Waals surface area contributed by atoms with Crippen molar-refractivity contribution in [2.45, 2.75) is 0 Å². The number of rotatable bonds is 7. The van der Waals surface area contributed by atoms with Crippen molar-refractivity contribution in [1.29, 1.82) is 0 Å². The zero-order valence-electron chi connectivity index (χ0n) is 16.8. The van der Waals surface area contributed by atoms with Gasteiger partial charge in [0.15, 0.2) is 0 Å². The van der Waals surface area contributed by atoms with E-state index in [9.17, 15) is 4.79 Å². The Morgan fingerprint density at radius 1 is 1.11 bits per heavy atom. The highest BCUT2D eigenvalue weighted by Crippen LogP contribution is 2.28. The van der Waals surface area contributed by atoms with Gasteiger partial charge in [0.05, 0.1) is 18.4 Å². The van der Waals surface area contributed by atoms with Gasteiger partial charge in [-0.2, -0.15) is 0 Å². The Balaban J connectivity index is 1.55. The number of aromatic nitrogens is 2. The summed E-state index contributed by atoms with van der Waals surface area (Å²) >= 11 is 0. The molecule has 150 valence electrons. The van der Waals surface area contributed by atoms with E-state index in [2.05, 4.69) is 31.2 Å². The van der Waals surface area contributed by atoms with Crippen LogP contribution in [0.4, 0.5) is 11.6 Å². The lowest BCUT2D eigenvalue weighted by molar-refractivity contribution is 0.0950. The average Bonchev–Trinajstić information content (AvgIpc) is 2.73. The summed E-state index contributed by atoms with van der Waals surface area (Å²) in [4.78, 5) is 27.4. The fourth-order valence-corrected chi connectivity index (χ4v) is 3.14. The molecule has 0 aliphatic carbocycles. The first kappa shape index (κ1) is 19.9. The molecule has 1 aromatic heterocycles. The molecule has 0 atom stereocenters. The Morgan fingerprint density at radius 2 is 1.75 bits per heavy atom. The minimum atomic E-state index is -0.144. The maximum absolute atomic E-state index is 12.1. The Morgan fingerprint density at radius 3 is 2.39 bits per heavy atom. The van der Waals surface area contributed by atoms with E-state index >= 15 is 0 Å². The Bertz CT molecular complexity index is 773. The summed E-state index contributed by atoms with van der Waals surface area (Å²) in [5, 5.41) is 2.87. The van der Waals surface area contributed by atoms with Crippen molar-refractivity contribution in [3.05, 3.63) is 42.2 Å². The number of carbonyl (C=O) groups is 1. The molecule has 1 aromatic carbocycles. The van der Waals surface area contributed by atoms with Crippen LogP contribution >= 0.6 is 0 Å². The van der Waals surface area contributed by atoms with E-state index in [1.165, 1.54) is 0 Å². The highest BCUT2D eigenvalue weighted by atomic mass is 16.5. The molecule has 0 spiro atoms. The third-order valence-corrected chi connectivity index (χ3v) is 4.73. The molecule has 8 nitrogen and oxygen atoms in total. The highest BCUT2D eigenvalue weighted by Gasteiger charge is 2.21. The minimum absolute atomic E-state index is 0.144. The van der Waals surface area contributed by atoms with Crippen LogP contribution in [0.25, 0.3) is 0 Å². The van der Waals surface area contributed by atoms with E-state index in [0.717, 1.165) is 44.2 Å². The van der Waals surface area contributed by atoms with Crippen molar-refractivity contribution in [3.63, 3.8) is 0 Å². The van der Waals surface area contributed by atoms with Gasteiger partial charge in [0.1, 0.15) is 5.75 Å². The fourth-order valence-electron chi connectivity index (χ4n) is 3.14. The minimum Gasteiger partial charge on any atom is -0.495 e. The summed E-state index contributed by atoms with van der Waals surface area (Å²) in [6.45, 7) is 4.73. The topological polar surface area (TPSA) is 73.8 Å². The first-order valence-electron chi connectivity index (χ1n) is 9.46. The monoisotopic (exact) mass is 384 g/mol. The molecule has 1 aliphatic rings. The molecule has 2 heterocycles. The van der Waals surface area contributed by atoms with Crippen molar-refractivity contribution < 1.29 is 9.53 Å². The molecule has 1 fully saturated rings. The summed E-state index contributed by atoms with van der Waals surface area (Å²) in [5.74, 6) is 1.40. The standard InChI is InChI=1S/C20H28N6O2/c1-24(2)9-8-21-19(27)16-14-22-20(23-15-16)26-12-10-25(11-13-26)17-6-4-5-7-18(17)28-3/h4-7,14-15H,8-13H2,1-3H3,(H,21,27). The first-order chi connectivity index (χ1) is 13.6. The van der Waals surface area contributed by atoms with Crippen molar-refractivity contribution >= 4 is 17.5 Å². The van der Waals surface area contributed by atoms with E-state index < -0.39 is 0 Å². The molecule has 1 saturated heterocycles. The largest absolute Gasteiger partial charge is 0.495 e. The number of benzene rings is 1. The summed E-state index contributed by atoms with van der Waals surface area (Å²) < 4.78 is 5.47. The van der Waals surface area contributed by atoms with Crippen LogP contribution in [0.5, 0.6) is 5.75 Å². The second kappa shape index (κ2) is 9.36. The van der Waals surface area contributed by atoms with Gasteiger partial charge in [0.25, 0.3) is 5.91 Å². The van der Waals surface area contributed by atoms with Crippen molar-refractivity contribution in [2.24, 2.45) is 0 Å². The molecule has 28 heavy (non-hydrogen) atoms. The van der Waals surface area contributed by atoms with E-state index in [4.69, 9.17) is 4.74 Å². The predicted octanol–water partition coefficient (Wildman–Crippen LogP) is 1.10. The van der Waals surface area contributed by atoms with Crippen molar-refractivity contribution in [1.82, 2.24) is 20.2 Å². The van der Waals surface area contributed by atoms with Crippen molar-refractivity contribution in [2.75, 3.05) is 70.3 Å². The van der Waals surface area contributed by atoms with Crippen LogP contribution in [0.15, 0.2) is 36.7 Å². The first-order valence-corrected chi connectivity index (χ1v) is 9.46. The summed E-state index contributed by atoms with van der Waals surface area (Å²) in [6.07, 6.45) is 3.19. The van der Waals surface area contributed by atoms with Gasteiger partial charge in [-0.05, 0) is 26.2 Å². The molecule has 0 unspecified atom stereocenters. The van der Waals surface area contributed by atoms with E-state index in [0.29, 0.717) is 18.1 Å². The SMILES string of the molecule is COc1ccccc1N1CCN(c2ncc(C(=O)NCCN(C)C)cn2)CC1. The number of amides is 1. The zero-order chi connectivity index (χ0) is 19.9. The highest BCUT2D eigenvalue weighted by molar-refractivity contribution is 5.93. The lowest BCUT2D eigenvalue weighted by Gasteiger charge is -2.36. The number of hydrogen-bond acceptors (Lipinski definition) is 7. The predicted molar refractivity (Wildman–Crippen MR) is 110 cm³/mol. The van der Waals surface area contributed by atoms with Gasteiger partial charge in [-0.3, -0.25) is 4.79 Å². The smallest absolute Gasteiger partial charge is 0.254 e. The molecule has 0 radical (unpaired) electrons. The van der Waals surface area contributed by atoms with Crippen LogP contribution in [-0.4, -0.2) is 81.2 Å². The van der Waals surface area contributed by atoms with Crippen LogP contribution in [0.1, 0.15) is 10.4 Å². The maximum atomic E-state index is 12.1. The summed E-state index contributed by atoms with van der Waals surface area (Å²) in [6, 6.07) is 8.06. The third kappa shape index (κ3) is 4.89. The van der Waals surface area contributed by atoms with Gasteiger partial charge in [-0.25, -0.2) is 9.97 Å². The normalized spacial score (nSPS) is 14.3. The van der Waals surface area contributed by atoms with Gasteiger partial charge >= 0.3 is 0 Å². The van der Waals surface area contributed by atoms with Gasteiger partial charge in [0, 0.05) is 51.7 Å². The number of para-hydroxylation sites is 2. The average molecular weight is 384 g/mol. The number of piperazine rings is 1. The number of nitrogens with one attached hydrogen (secondary N) is 1. The Kier molecular flexibility index (Phi) is 6.65. The molecule has 2 aromatic rings. The van der Waals surface area contributed by atoms with Crippen LogP contribution < -0.4 is 19.9 Å². The van der Waals surface area contributed by atoms with Crippen LogP contribution in [0.3, 0.4) is 0 Å². The van der Waals surface area contributed by atoms with Crippen molar-refractivity contribution in [3.8, 4) is 5.75 Å². The van der Waals surface area contributed by atoms with Gasteiger partial charge < -0.3 is 24.8 Å². The number of likely N-dealkylation sites (N-methyl/N-ethyl adjacent to an activating group) is 1. The lowest BCUT2D eigenvalue weighted by atomic mass is 10.2. The third-order valence-electron chi connectivity index (χ3n) is 4.73. The number of hydrogen-bond donors (Lipinski definition) is 1. The zero-order valence-corrected chi connectivity index (χ0v) is 16.8. The van der Waals surface area contributed by atoms with Gasteiger partial charge in [-0.15, -0.1) is 0 Å². The summed E-state index contributed by atoms with van der Waals surface area (Å²) in [5.41, 5.74) is 1.59. The van der Waals surface area contributed by atoms with Gasteiger partial charge in [-0.1, -0.05) is 12.1 Å². The number of anilines is 2. The van der Waals surface area contributed by atoms with E-state index in [1.54, 1.807) is 19.5 Å².